The van der Waals surface area contributed by atoms with Crippen LogP contribution in [-0.2, 0) is 6.42 Å². The fourth-order valence-electron chi connectivity index (χ4n) is 1.01. The number of allylic oxidation sites excluding steroid dienone is 1. The summed E-state index contributed by atoms with van der Waals surface area (Å²) in [6, 6.07) is 0. The van der Waals surface area contributed by atoms with E-state index in [0.29, 0.717) is 12.8 Å². The summed E-state index contributed by atoms with van der Waals surface area (Å²) in [4.78, 5) is 5.13. The van der Waals surface area contributed by atoms with Crippen LogP contribution in [0.5, 0.6) is 0 Å². The molecule has 1 aromatic rings. The molecule has 14 heavy (non-hydrogen) atoms. The van der Waals surface area contributed by atoms with Crippen LogP contribution in [0, 0.1) is 6.92 Å². The Balaban J connectivity index is 2.32. The van der Waals surface area contributed by atoms with Gasteiger partial charge in [0.2, 0.25) is 0 Å². The highest BCUT2D eigenvalue weighted by Gasteiger charge is 2.05. The lowest BCUT2D eigenvalue weighted by molar-refractivity contribution is 0.368. The summed E-state index contributed by atoms with van der Waals surface area (Å²) in [5.41, 5.74) is 0. The quantitative estimate of drug-likeness (QED) is 0.752. The van der Waals surface area contributed by atoms with Crippen molar-refractivity contribution in [1.29, 1.82) is 0 Å². The number of aromatic nitrogens is 1. The molecule has 0 amide bonds. The third-order valence-corrected chi connectivity index (χ3v) is 2.63. The number of rotatable bonds is 4. The van der Waals surface area contributed by atoms with E-state index >= 15 is 0 Å². The Labute approximate surface area is 84.3 Å². The van der Waals surface area contributed by atoms with Crippen LogP contribution in [0.1, 0.15) is 22.7 Å². The molecule has 0 aliphatic heterocycles. The van der Waals surface area contributed by atoms with Crippen LogP contribution in [-0.4, -0.2) is 4.98 Å². The smallest absolute Gasteiger partial charge is 0.249 e. The maximum absolute atomic E-state index is 12.3. The first-order valence-corrected chi connectivity index (χ1v) is 5.02. The van der Waals surface area contributed by atoms with Crippen LogP contribution in [0.2, 0.25) is 0 Å². The summed E-state index contributed by atoms with van der Waals surface area (Å²) in [5, 5.41) is 0.870. The number of aryl methyl sites for hydroxylation is 2. The van der Waals surface area contributed by atoms with E-state index in [2.05, 4.69) is 4.98 Å². The molecule has 1 rings (SSSR count). The summed E-state index contributed by atoms with van der Waals surface area (Å²) in [6.45, 7) is 1.92. The molecule has 1 aromatic heterocycles. The fraction of sp³-hybridized carbons (Fsp3) is 0.444. The van der Waals surface area contributed by atoms with Crippen molar-refractivity contribution in [1.82, 2.24) is 4.98 Å². The predicted molar refractivity (Wildman–Crippen MR) is 50.1 cm³/mol. The monoisotopic (exact) mass is 221 g/mol. The second-order valence-electron chi connectivity index (χ2n) is 2.88. The lowest BCUT2D eigenvalue weighted by atomic mass is 10.2. The molecule has 1 heterocycles. The summed E-state index contributed by atoms with van der Waals surface area (Å²) in [6.07, 6.45) is 0.235. The van der Waals surface area contributed by atoms with Crippen molar-refractivity contribution < 1.29 is 13.2 Å². The Hall–Kier alpha value is -0.840. The summed E-state index contributed by atoms with van der Waals surface area (Å²) < 4.78 is 35.6. The molecule has 0 N–H and O–H groups in total. The molecule has 0 atom stereocenters. The molecule has 0 bridgehead atoms. The Morgan fingerprint density at radius 2 is 2.14 bits per heavy atom. The molecule has 0 radical (unpaired) electrons. The highest BCUT2D eigenvalue weighted by atomic mass is 32.1. The first-order chi connectivity index (χ1) is 6.59. The number of halogens is 3. The Morgan fingerprint density at radius 1 is 1.43 bits per heavy atom. The van der Waals surface area contributed by atoms with Crippen molar-refractivity contribution in [3.05, 3.63) is 28.0 Å². The average molecular weight is 221 g/mol. The molecule has 78 valence electrons. The predicted octanol–water partition coefficient (Wildman–Crippen LogP) is 3.85. The Kier molecular flexibility index (Phi) is 4.13. The standard InChI is InChI=1S/C9H10F3NS/c1-6-5-13-8(14-6)4-2-3-7(10)9(11)12/h5H,2-4H2,1H3. The third kappa shape index (κ3) is 3.49. The largest absolute Gasteiger partial charge is 0.301 e. The van der Waals surface area contributed by atoms with Gasteiger partial charge in [-0.05, 0) is 19.8 Å². The molecule has 0 aliphatic rings. The minimum absolute atomic E-state index is 0.207. The SMILES string of the molecule is Cc1cnc(CCCC(F)=C(F)F)s1. The van der Waals surface area contributed by atoms with Crippen molar-refractivity contribution in [2.24, 2.45) is 0 Å². The molecule has 5 heteroatoms. The highest BCUT2D eigenvalue weighted by molar-refractivity contribution is 7.11. The van der Waals surface area contributed by atoms with E-state index in [-0.39, 0.29) is 6.42 Å². The molecule has 0 unspecified atom stereocenters. The van der Waals surface area contributed by atoms with Gasteiger partial charge in [-0.3, -0.25) is 0 Å². The van der Waals surface area contributed by atoms with Gasteiger partial charge in [-0.1, -0.05) is 0 Å². The second kappa shape index (κ2) is 5.14. The van der Waals surface area contributed by atoms with Gasteiger partial charge >= 0.3 is 6.08 Å². The molecule has 0 aliphatic carbocycles. The van der Waals surface area contributed by atoms with Crippen LogP contribution in [0.25, 0.3) is 0 Å². The van der Waals surface area contributed by atoms with Crippen LogP contribution >= 0.6 is 11.3 Å². The first kappa shape index (κ1) is 11.2. The van der Waals surface area contributed by atoms with E-state index in [1.807, 2.05) is 6.92 Å². The van der Waals surface area contributed by atoms with Gasteiger partial charge in [-0.2, -0.15) is 8.78 Å². The van der Waals surface area contributed by atoms with Crippen molar-refractivity contribution in [2.75, 3.05) is 0 Å². The lowest BCUT2D eigenvalue weighted by Gasteiger charge is -1.94. The molecule has 1 nitrogen and oxygen atoms in total. The molecule has 0 fully saturated rings. The van der Waals surface area contributed by atoms with Gasteiger partial charge in [-0.15, -0.1) is 11.3 Å². The fourth-order valence-corrected chi connectivity index (χ4v) is 1.84. The van der Waals surface area contributed by atoms with E-state index in [1.165, 1.54) is 11.3 Å². The van der Waals surface area contributed by atoms with Crippen molar-refractivity contribution >= 4 is 11.3 Å². The van der Waals surface area contributed by atoms with Gasteiger partial charge in [0.25, 0.3) is 0 Å². The van der Waals surface area contributed by atoms with E-state index < -0.39 is 11.9 Å². The van der Waals surface area contributed by atoms with Gasteiger partial charge in [-0.25, -0.2) is 9.37 Å². The van der Waals surface area contributed by atoms with Crippen LogP contribution in [0.3, 0.4) is 0 Å². The molecule has 0 saturated heterocycles. The Morgan fingerprint density at radius 3 is 2.64 bits per heavy atom. The molecular weight excluding hydrogens is 211 g/mol. The topological polar surface area (TPSA) is 12.9 Å². The van der Waals surface area contributed by atoms with Crippen molar-refractivity contribution in [3.8, 4) is 0 Å². The van der Waals surface area contributed by atoms with Crippen LogP contribution in [0.15, 0.2) is 18.1 Å². The van der Waals surface area contributed by atoms with Gasteiger partial charge in [0, 0.05) is 17.5 Å². The molecular formula is C9H10F3NS. The highest BCUT2D eigenvalue weighted by Crippen LogP contribution is 2.18. The number of hydrogen-bond donors (Lipinski definition) is 0. The van der Waals surface area contributed by atoms with Crippen LogP contribution in [0.4, 0.5) is 13.2 Å². The average Bonchev–Trinajstić information content (AvgIpc) is 2.51. The Bertz CT molecular complexity index is 329. The van der Waals surface area contributed by atoms with Crippen molar-refractivity contribution in [3.63, 3.8) is 0 Å². The zero-order valence-corrected chi connectivity index (χ0v) is 8.50. The normalized spacial score (nSPS) is 10.3. The lowest BCUT2D eigenvalue weighted by Crippen LogP contribution is -1.85. The maximum Gasteiger partial charge on any atom is 0.301 e. The van der Waals surface area contributed by atoms with Gasteiger partial charge in [0.05, 0.1) is 5.01 Å². The van der Waals surface area contributed by atoms with Gasteiger partial charge in [0.15, 0.2) is 5.83 Å². The zero-order valence-electron chi connectivity index (χ0n) is 7.69. The van der Waals surface area contributed by atoms with Gasteiger partial charge in [0.1, 0.15) is 0 Å². The van der Waals surface area contributed by atoms with E-state index in [0.717, 1.165) is 9.88 Å². The first-order valence-electron chi connectivity index (χ1n) is 4.20. The summed E-state index contributed by atoms with van der Waals surface area (Å²) in [5.74, 6) is -1.31. The maximum atomic E-state index is 12.3. The second-order valence-corrected chi connectivity index (χ2v) is 4.20. The van der Waals surface area contributed by atoms with E-state index in [4.69, 9.17) is 0 Å². The summed E-state index contributed by atoms with van der Waals surface area (Å²) >= 11 is 1.51. The van der Waals surface area contributed by atoms with Crippen molar-refractivity contribution in [2.45, 2.75) is 26.2 Å². The number of hydrogen-bond acceptors (Lipinski definition) is 2. The van der Waals surface area contributed by atoms with E-state index in [1.54, 1.807) is 6.20 Å². The molecule has 0 spiro atoms. The molecule has 0 saturated carbocycles. The number of nitrogens with zero attached hydrogens (tertiary/aromatic N) is 1. The summed E-state index contributed by atoms with van der Waals surface area (Å²) in [7, 11) is 0. The third-order valence-electron chi connectivity index (χ3n) is 1.66. The van der Waals surface area contributed by atoms with Crippen LogP contribution < -0.4 is 0 Å². The van der Waals surface area contributed by atoms with E-state index in [9.17, 15) is 13.2 Å². The molecule has 0 aromatic carbocycles. The number of thiazole rings is 1. The van der Waals surface area contributed by atoms with Gasteiger partial charge < -0.3 is 0 Å². The minimum atomic E-state index is -2.21. The zero-order chi connectivity index (χ0) is 10.6. The minimum Gasteiger partial charge on any atom is -0.249 e.